The topological polar surface area (TPSA) is 63.4 Å². The molecule has 0 unspecified atom stereocenters. The Bertz CT molecular complexity index is 333. The fraction of sp³-hybridized carbons (Fsp3) is 1.00. The third-order valence-corrected chi connectivity index (χ3v) is 6.28. The van der Waals surface area contributed by atoms with Crippen molar-refractivity contribution in [3.63, 3.8) is 0 Å². The number of rotatable bonds is 6. The molecule has 0 spiro atoms. The highest BCUT2D eigenvalue weighted by Gasteiger charge is 2.39. The van der Waals surface area contributed by atoms with Crippen LogP contribution < -0.4 is 5.73 Å². The van der Waals surface area contributed by atoms with E-state index in [9.17, 15) is 8.42 Å². The maximum Gasteiger partial charge on any atom is 0.214 e. The Hall–Kier alpha value is -0.130. The van der Waals surface area contributed by atoms with Crippen LogP contribution in [-0.2, 0) is 10.0 Å². The first-order valence-corrected chi connectivity index (χ1v) is 8.76. The van der Waals surface area contributed by atoms with E-state index < -0.39 is 10.0 Å². The largest absolute Gasteiger partial charge is 0.329 e. The molecule has 4 nitrogen and oxygen atoms in total. The van der Waals surface area contributed by atoms with Crippen molar-refractivity contribution in [2.45, 2.75) is 63.8 Å². The Morgan fingerprint density at radius 2 is 1.72 bits per heavy atom. The molecule has 1 rings (SSSR count). The second kappa shape index (κ2) is 6.87. The number of unbranched alkanes of at least 4 members (excludes halogenated alkanes) is 1. The van der Waals surface area contributed by atoms with Crippen LogP contribution in [0.5, 0.6) is 0 Å². The molecular formula is C13H28N2O2S. The van der Waals surface area contributed by atoms with Crippen molar-refractivity contribution in [3.05, 3.63) is 0 Å². The molecule has 0 heterocycles. The molecule has 0 aliphatic heterocycles. The lowest BCUT2D eigenvalue weighted by Crippen LogP contribution is -2.54. The molecule has 0 aromatic carbocycles. The normalized spacial score (nSPS) is 20.9. The fourth-order valence-corrected chi connectivity index (χ4v) is 4.57. The number of nitrogens with two attached hydrogens (primary N) is 1. The van der Waals surface area contributed by atoms with Crippen LogP contribution in [0, 0.1) is 0 Å². The quantitative estimate of drug-likeness (QED) is 0.756. The van der Waals surface area contributed by atoms with Gasteiger partial charge in [0.15, 0.2) is 0 Å². The van der Waals surface area contributed by atoms with Crippen LogP contribution in [0.1, 0.15) is 58.3 Å². The van der Waals surface area contributed by atoms with Gasteiger partial charge in [-0.2, -0.15) is 4.31 Å². The summed E-state index contributed by atoms with van der Waals surface area (Å²) in [7, 11) is -1.43. The maximum atomic E-state index is 12.3. The SMILES string of the molecule is CCCCS(=O)(=O)N(C)C1(CN)CCCCCC1. The van der Waals surface area contributed by atoms with Gasteiger partial charge in [0.1, 0.15) is 0 Å². The molecule has 0 atom stereocenters. The summed E-state index contributed by atoms with van der Waals surface area (Å²) in [4.78, 5) is 0. The lowest BCUT2D eigenvalue weighted by molar-refractivity contribution is 0.196. The minimum Gasteiger partial charge on any atom is -0.329 e. The van der Waals surface area contributed by atoms with E-state index in [1.807, 2.05) is 6.92 Å². The fourth-order valence-electron chi connectivity index (χ4n) is 2.79. The minimum absolute atomic E-state index is 0.252. The highest BCUT2D eigenvalue weighted by Crippen LogP contribution is 2.32. The van der Waals surface area contributed by atoms with Crippen LogP contribution in [0.2, 0.25) is 0 Å². The first kappa shape index (κ1) is 15.9. The van der Waals surface area contributed by atoms with E-state index in [1.54, 1.807) is 11.4 Å². The average Bonchev–Trinajstić information content (AvgIpc) is 2.61. The zero-order valence-electron chi connectivity index (χ0n) is 11.8. The van der Waals surface area contributed by atoms with Gasteiger partial charge in [-0.25, -0.2) is 8.42 Å². The van der Waals surface area contributed by atoms with E-state index >= 15 is 0 Å². The van der Waals surface area contributed by atoms with Gasteiger partial charge in [0.2, 0.25) is 10.0 Å². The summed E-state index contributed by atoms with van der Waals surface area (Å²) in [6.07, 6.45) is 8.03. The average molecular weight is 276 g/mol. The lowest BCUT2D eigenvalue weighted by atomic mass is 9.90. The predicted octanol–water partition coefficient (Wildman–Crippen LogP) is 2.10. The Kier molecular flexibility index (Phi) is 6.08. The molecule has 0 amide bonds. The summed E-state index contributed by atoms with van der Waals surface area (Å²) in [6, 6.07) is 0. The Balaban J connectivity index is 2.85. The Morgan fingerprint density at radius 1 is 1.17 bits per heavy atom. The molecule has 18 heavy (non-hydrogen) atoms. The number of likely N-dealkylation sites (N-methyl/N-ethyl adjacent to an activating group) is 1. The Morgan fingerprint density at radius 3 is 2.17 bits per heavy atom. The molecule has 1 aliphatic carbocycles. The molecule has 0 aromatic heterocycles. The van der Waals surface area contributed by atoms with Crippen molar-refractivity contribution >= 4 is 10.0 Å². The van der Waals surface area contributed by atoms with Crippen LogP contribution >= 0.6 is 0 Å². The first-order chi connectivity index (χ1) is 8.48. The summed E-state index contributed by atoms with van der Waals surface area (Å²) < 4.78 is 26.3. The Labute approximate surface area is 112 Å². The molecule has 0 saturated heterocycles. The van der Waals surface area contributed by atoms with Gasteiger partial charge in [0.25, 0.3) is 0 Å². The third-order valence-electron chi connectivity index (χ3n) is 4.26. The van der Waals surface area contributed by atoms with Crippen molar-refractivity contribution in [1.82, 2.24) is 4.31 Å². The van der Waals surface area contributed by atoms with Crippen molar-refractivity contribution in [2.75, 3.05) is 19.3 Å². The standard InChI is InChI=1S/C13H28N2O2S/c1-3-4-11-18(16,17)15(2)13(12-14)9-7-5-6-8-10-13/h3-12,14H2,1-2H3. The second-order valence-electron chi connectivity index (χ2n) is 5.48. The number of nitrogens with zero attached hydrogens (tertiary/aromatic N) is 1. The number of hydrogen-bond donors (Lipinski definition) is 1. The van der Waals surface area contributed by atoms with E-state index in [1.165, 1.54) is 12.8 Å². The highest BCUT2D eigenvalue weighted by atomic mass is 32.2. The summed E-state index contributed by atoms with van der Waals surface area (Å²) in [5.74, 6) is 0.252. The maximum absolute atomic E-state index is 12.3. The third kappa shape index (κ3) is 3.68. The van der Waals surface area contributed by atoms with Gasteiger partial charge in [-0.15, -0.1) is 0 Å². The predicted molar refractivity (Wildman–Crippen MR) is 75.9 cm³/mol. The minimum atomic E-state index is -3.16. The summed E-state index contributed by atoms with van der Waals surface area (Å²) in [5, 5.41) is 0. The molecule has 1 aliphatic rings. The number of sulfonamides is 1. The van der Waals surface area contributed by atoms with Gasteiger partial charge >= 0.3 is 0 Å². The van der Waals surface area contributed by atoms with E-state index in [2.05, 4.69) is 0 Å². The monoisotopic (exact) mass is 276 g/mol. The van der Waals surface area contributed by atoms with Crippen molar-refractivity contribution in [1.29, 1.82) is 0 Å². The number of hydrogen-bond acceptors (Lipinski definition) is 3. The highest BCUT2D eigenvalue weighted by molar-refractivity contribution is 7.89. The van der Waals surface area contributed by atoms with Crippen LogP contribution in [0.4, 0.5) is 0 Å². The van der Waals surface area contributed by atoms with E-state index in [0.29, 0.717) is 6.54 Å². The zero-order valence-corrected chi connectivity index (χ0v) is 12.6. The van der Waals surface area contributed by atoms with Crippen LogP contribution in [0.15, 0.2) is 0 Å². The van der Waals surface area contributed by atoms with Gasteiger partial charge in [0.05, 0.1) is 5.75 Å². The van der Waals surface area contributed by atoms with Crippen LogP contribution in [0.3, 0.4) is 0 Å². The first-order valence-electron chi connectivity index (χ1n) is 7.15. The van der Waals surface area contributed by atoms with Gasteiger partial charge in [-0.3, -0.25) is 0 Å². The van der Waals surface area contributed by atoms with Gasteiger partial charge in [-0.05, 0) is 19.3 Å². The molecule has 0 radical (unpaired) electrons. The van der Waals surface area contributed by atoms with E-state index in [-0.39, 0.29) is 11.3 Å². The second-order valence-corrected chi connectivity index (χ2v) is 7.60. The molecule has 2 N–H and O–H groups in total. The van der Waals surface area contributed by atoms with Crippen molar-refractivity contribution in [2.24, 2.45) is 5.73 Å². The molecule has 0 bridgehead atoms. The summed E-state index contributed by atoms with van der Waals surface area (Å²) in [5.41, 5.74) is 5.60. The molecular weight excluding hydrogens is 248 g/mol. The van der Waals surface area contributed by atoms with Crippen molar-refractivity contribution in [3.8, 4) is 0 Å². The molecule has 108 valence electrons. The summed E-state index contributed by atoms with van der Waals surface area (Å²) >= 11 is 0. The van der Waals surface area contributed by atoms with Gasteiger partial charge in [-0.1, -0.05) is 39.0 Å². The van der Waals surface area contributed by atoms with Gasteiger partial charge in [0, 0.05) is 19.1 Å². The smallest absolute Gasteiger partial charge is 0.214 e. The molecule has 1 fully saturated rings. The lowest BCUT2D eigenvalue weighted by Gasteiger charge is -2.39. The molecule has 5 heteroatoms. The molecule has 0 aromatic rings. The molecule has 1 saturated carbocycles. The zero-order chi connectivity index (χ0) is 13.6. The van der Waals surface area contributed by atoms with Crippen molar-refractivity contribution < 1.29 is 8.42 Å². The van der Waals surface area contributed by atoms with Crippen LogP contribution in [-0.4, -0.2) is 37.6 Å². The van der Waals surface area contributed by atoms with Gasteiger partial charge < -0.3 is 5.73 Å². The van der Waals surface area contributed by atoms with E-state index in [0.717, 1.165) is 38.5 Å². The van der Waals surface area contributed by atoms with E-state index in [4.69, 9.17) is 5.73 Å². The summed E-state index contributed by atoms with van der Waals surface area (Å²) in [6.45, 7) is 2.45. The van der Waals surface area contributed by atoms with Crippen LogP contribution in [0.25, 0.3) is 0 Å².